The van der Waals surface area contributed by atoms with Crippen LogP contribution in [0.5, 0.6) is 5.75 Å². The molecule has 0 saturated carbocycles. The SMILES string of the molecule is COc1cc2cc(c1Cl)N(C)C(=O)C[C@H](OC(=O)[C@H](C)N(C)C(=O)c1ccc(N)c(S(C)(=O)=O)c1)[C@]1(C)O[C@H]1[C@H](C)[C@@H]1C[C@@](O)(NC(=O)O1)[C@H](C)/C=C/C=C(\C)C2. The molecule has 15 nitrogen and oxygen atoms in total. The molecule has 5 rings (SSSR count). The number of rotatable bonds is 6. The zero-order valence-corrected chi connectivity index (χ0v) is 35.1. The number of sulfone groups is 1. The maximum Gasteiger partial charge on any atom is 0.409 e. The van der Waals surface area contributed by atoms with Gasteiger partial charge in [-0.05, 0) is 63.1 Å². The smallest absolute Gasteiger partial charge is 0.409 e. The van der Waals surface area contributed by atoms with Crippen molar-refractivity contribution in [1.29, 1.82) is 0 Å². The zero-order valence-electron chi connectivity index (χ0n) is 33.5. The Bertz CT molecular complexity index is 2130. The van der Waals surface area contributed by atoms with Gasteiger partial charge in [0, 0.05) is 44.2 Å². The number of ether oxygens (including phenoxy) is 4. The largest absolute Gasteiger partial charge is 0.495 e. The Morgan fingerprint density at radius 1 is 1.19 bits per heavy atom. The molecule has 3 aliphatic heterocycles. The van der Waals surface area contributed by atoms with Crippen molar-refractivity contribution in [3.8, 4) is 5.75 Å². The third kappa shape index (κ3) is 9.09. The Morgan fingerprint density at radius 3 is 2.53 bits per heavy atom. The van der Waals surface area contributed by atoms with E-state index >= 15 is 0 Å². The molecule has 4 N–H and O–H groups in total. The molecule has 310 valence electrons. The van der Waals surface area contributed by atoms with Crippen LogP contribution < -0.4 is 20.7 Å². The van der Waals surface area contributed by atoms with E-state index in [1.165, 1.54) is 38.1 Å². The van der Waals surface area contributed by atoms with E-state index in [0.29, 0.717) is 17.9 Å². The summed E-state index contributed by atoms with van der Waals surface area (Å²) in [4.78, 5) is 56.8. The van der Waals surface area contributed by atoms with E-state index in [9.17, 15) is 32.7 Å². The second-order valence-electron chi connectivity index (χ2n) is 15.5. The summed E-state index contributed by atoms with van der Waals surface area (Å²) in [5.74, 6) is -2.79. The minimum absolute atomic E-state index is 0.0103. The molecule has 8 atom stereocenters. The van der Waals surface area contributed by atoms with Crippen LogP contribution in [0, 0.1) is 11.8 Å². The predicted octanol–water partition coefficient (Wildman–Crippen LogP) is 4.44. The number of halogens is 1. The van der Waals surface area contributed by atoms with Gasteiger partial charge >= 0.3 is 12.1 Å². The van der Waals surface area contributed by atoms with Crippen molar-refractivity contribution in [2.75, 3.05) is 38.1 Å². The summed E-state index contributed by atoms with van der Waals surface area (Å²) in [6.45, 7) is 8.60. The first-order valence-electron chi connectivity index (χ1n) is 18.4. The minimum atomic E-state index is -3.77. The lowest BCUT2D eigenvalue weighted by Crippen LogP contribution is -2.60. The summed E-state index contributed by atoms with van der Waals surface area (Å²) < 4.78 is 48.1. The van der Waals surface area contributed by atoms with Crippen LogP contribution in [0.4, 0.5) is 16.2 Å². The van der Waals surface area contributed by atoms with Gasteiger partial charge in [0.2, 0.25) is 5.91 Å². The van der Waals surface area contributed by atoms with Crippen molar-refractivity contribution >= 4 is 56.7 Å². The number of nitrogens with two attached hydrogens (primary N) is 1. The summed E-state index contributed by atoms with van der Waals surface area (Å²) in [5, 5.41) is 14.5. The van der Waals surface area contributed by atoms with Crippen LogP contribution in [-0.2, 0) is 40.1 Å². The van der Waals surface area contributed by atoms with Gasteiger partial charge in [0.15, 0.2) is 9.84 Å². The molecule has 2 aromatic rings. The predicted molar refractivity (Wildman–Crippen MR) is 213 cm³/mol. The normalized spacial score (nSPS) is 30.1. The summed E-state index contributed by atoms with van der Waals surface area (Å²) in [6.07, 6.45) is 2.96. The molecular weight excluding hydrogens is 780 g/mol. The molecule has 17 heteroatoms. The number of methoxy groups -OCH3 is 1. The van der Waals surface area contributed by atoms with E-state index < -0.39 is 81.2 Å². The van der Waals surface area contributed by atoms with Gasteiger partial charge in [0.25, 0.3) is 5.91 Å². The molecule has 3 aliphatic rings. The quantitative estimate of drug-likeness (QED) is 0.210. The van der Waals surface area contributed by atoms with Gasteiger partial charge in [-0.2, -0.15) is 0 Å². The van der Waals surface area contributed by atoms with Gasteiger partial charge in [-0.1, -0.05) is 49.2 Å². The van der Waals surface area contributed by atoms with Crippen molar-refractivity contribution in [2.45, 2.75) is 94.5 Å². The highest BCUT2D eigenvalue weighted by molar-refractivity contribution is 7.90. The van der Waals surface area contributed by atoms with Crippen molar-refractivity contribution in [3.05, 3.63) is 70.3 Å². The Kier molecular flexibility index (Phi) is 12.4. The highest BCUT2D eigenvalue weighted by Gasteiger charge is 2.64. The molecular formula is C40H51ClN4O11S. The number of hydrogen-bond donors (Lipinski definition) is 3. The fourth-order valence-electron chi connectivity index (χ4n) is 7.27. The lowest BCUT2D eigenvalue weighted by atomic mass is 9.82. The summed E-state index contributed by atoms with van der Waals surface area (Å²) >= 11 is 6.76. The summed E-state index contributed by atoms with van der Waals surface area (Å²) in [7, 11) is 0.603. The Morgan fingerprint density at radius 2 is 1.88 bits per heavy atom. The standard InChI is InChI=1S/C40H51ClN4O11S/c1-21-11-10-12-22(2)40(50)20-30(54-38(49)43-40)23(3)35-39(5,56-35)32(19-33(46)45(7)28-16-25(15-21)17-29(53-8)34(28)41)55-37(48)24(4)44(6)36(47)26-13-14-27(42)31(18-26)57(9,51)52/h10-14,16-18,22-24,30,32,35,50H,15,19-20,42H2,1-9H3,(H,43,49)/b12-10+,21-11+/t22-,23-,24+,30+,32+,35+,39+,40+/m1/s1. The first kappa shape index (κ1) is 43.5. The van der Waals surface area contributed by atoms with Gasteiger partial charge in [0.1, 0.15) is 40.3 Å². The number of carbonyl (C=O) groups excluding carboxylic acids is 4. The second-order valence-corrected chi connectivity index (χ2v) is 17.8. The molecule has 0 aliphatic carbocycles. The lowest BCUT2D eigenvalue weighted by Gasteiger charge is -2.41. The van der Waals surface area contributed by atoms with Crippen molar-refractivity contribution in [1.82, 2.24) is 10.2 Å². The van der Waals surface area contributed by atoms with Gasteiger partial charge in [-0.15, -0.1) is 0 Å². The van der Waals surface area contributed by atoms with Gasteiger partial charge < -0.3 is 39.6 Å². The number of hydrogen-bond acceptors (Lipinski definition) is 12. The molecule has 0 radical (unpaired) electrons. The number of alkyl carbamates (subject to hydrolysis) is 1. The Labute approximate surface area is 338 Å². The number of carbonyl (C=O) groups is 4. The third-order valence-electron chi connectivity index (χ3n) is 11.3. The van der Waals surface area contributed by atoms with Crippen LogP contribution in [0.3, 0.4) is 0 Å². The van der Waals surface area contributed by atoms with E-state index in [1.54, 1.807) is 46.0 Å². The molecule has 3 heterocycles. The molecule has 0 spiro atoms. The fourth-order valence-corrected chi connectivity index (χ4v) is 8.43. The number of likely N-dealkylation sites (N-methyl/N-ethyl adjacent to an activating group) is 1. The molecule has 2 saturated heterocycles. The second kappa shape index (κ2) is 16.3. The number of nitrogens with one attached hydrogen (secondary N) is 1. The number of nitrogens with zero attached hydrogens (tertiary/aromatic N) is 2. The van der Waals surface area contributed by atoms with Crippen LogP contribution in [0.1, 0.15) is 63.4 Å². The van der Waals surface area contributed by atoms with E-state index in [4.69, 9.17) is 36.3 Å². The Hall–Kier alpha value is -4.64. The van der Waals surface area contributed by atoms with Crippen LogP contribution in [0.2, 0.25) is 5.02 Å². The number of esters is 1. The maximum absolute atomic E-state index is 14.2. The molecule has 57 heavy (non-hydrogen) atoms. The first-order valence-corrected chi connectivity index (χ1v) is 20.7. The minimum Gasteiger partial charge on any atom is -0.495 e. The van der Waals surface area contributed by atoms with E-state index in [0.717, 1.165) is 28.4 Å². The van der Waals surface area contributed by atoms with Gasteiger partial charge in [0.05, 0.1) is 35.9 Å². The van der Waals surface area contributed by atoms with E-state index in [2.05, 4.69) is 5.32 Å². The first-order chi connectivity index (χ1) is 26.5. The molecule has 4 bridgehead atoms. The number of benzene rings is 2. The number of nitrogen functional groups attached to an aromatic ring is 1. The number of aliphatic hydroxyl groups is 1. The molecule has 0 unspecified atom stereocenters. The van der Waals surface area contributed by atoms with E-state index in [-0.39, 0.29) is 34.0 Å². The number of allylic oxidation sites excluding steroid dienone is 3. The molecule has 0 aromatic heterocycles. The molecule has 3 amide bonds. The number of anilines is 2. The Balaban J connectivity index is 1.51. The van der Waals surface area contributed by atoms with Crippen molar-refractivity contribution in [3.63, 3.8) is 0 Å². The van der Waals surface area contributed by atoms with Crippen LogP contribution >= 0.6 is 11.6 Å². The average Bonchev–Trinajstić information content (AvgIpc) is 3.84. The fraction of sp³-hybridized carbons (Fsp3) is 0.500. The average molecular weight is 831 g/mol. The van der Waals surface area contributed by atoms with Crippen molar-refractivity contribution < 1.29 is 51.6 Å². The van der Waals surface area contributed by atoms with Gasteiger partial charge in [-0.3, -0.25) is 14.9 Å². The molecule has 2 aromatic carbocycles. The zero-order chi connectivity index (χ0) is 42.4. The van der Waals surface area contributed by atoms with E-state index in [1.807, 2.05) is 19.1 Å². The maximum atomic E-state index is 14.2. The van der Waals surface area contributed by atoms with Crippen LogP contribution in [0.15, 0.2) is 59.0 Å². The lowest BCUT2D eigenvalue weighted by molar-refractivity contribution is -0.158. The summed E-state index contributed by atoms with van der Waals surface area (Å²) in [6, 6.07) is 6.12. The highest BCUT2D eigenvalue weighted by Crippen LogP contribution is 2.49. The number of fused-ring (bicyclic) bond motifs is 5. The number of epoxide rings is 1. The summed E-state index contributed by atoms with van der Waals surface area (Å²) in [5.41, 5.74) is 4.93. The van der Waals surface area contributed by atoms with Crippen molar-refractivity contribution in [2.24, 2.45) is 11.8 Å². The third-order valence-corrected chi connectivity index (χ3v) is 12.8. The number of amides is 3. The topological polar surface area (TPSA) is 207 Å². The monoisotopic (exact) mass is 830 g/mol. The van der Waals surface area contributed by atoms with Crippen LogP contribution in [-0.4, -0.2) is 105 Å². The van der Waals surface area contributed by atoms with Crippen LogP contribution in [0.25, 0.3) is 0 Å². The van der Waals surface area contributed by atoms with Gasteiger partial charge in [-0.25, -0.2) is 18.0 Å². The highest BCUT2D eigenvalue weighted by atomic mass is 35.5. The molecule has 2 fully saturated rings.